The van der Waals surface area contributed by atoms with E-state index in [1.54, 1.807) is 0 Å². The van der Waals surface area contributed by atoms with Crippen LogP contribution in [0.3, 0.4) is 0 Å². The van der Waals surface area contributed by atoms with Gasteiger partial charge in [-0.05, 0) is 37.1 Å². The first-order valence-electron chi connectivity index (χ1n) is 4.89. The number of urea groups is 1. The highest BCUT2D eigenvalue weighted by atomic mass is 16.2. The lowest BCUT2D eigenvalue weighted by Gasteiger charge is -2.07. The average molecular weight is 221 g/mol. The SMILES string of the molecule is Cc1cc(C)cc(NCC(=O)NC(N)=O)c1. The minimum absolute atomic E-state index is 0.0197. The first kappa shape index (κ1) is 12.0. The van der Waals surface area contributed by atoms with E-state index < -0.39 is 11.9 Å². The molecule has 0 saturated carbocycles. The maximum atomic E-state index is 11.1. The van der Waals surface area contributed by atoms with Crippen LogP contribution in [0.25, 0.3) is 0 Å². The summed E-state index contributed by atoms with van der Waals surface area (Å²) < 4.78 is 0. The quantitative estimate of drug-likeness (QED) is 0.709. The summed E-state index contributed by atoms with van der Waals surface area (Å²) in [5, 5.41) is 4.89. The summed E-state index contributed by atoms with van der Waals surface area (Å²) in [4.78, 5) is 21.5. The molecular weight excluding hydrogens is 206 g/mol. The first-order chi connectivity index (χ1) is 7.47. The van der Waals surface area contributed by atoms with Gasteiger partial charge in [0.25, 0.3) is 0 Å². The molecular formula is C11H15N3O2. The fourth-order valence-corrected chi connectivity index (χ4v) is 1.44. The van der Waals surface area contributed by atoms with E-state index in [-0.39, 0.29) is 6.54 Å². The molecule has 1 aromatic carbocycles. The Hall–Kier alpha value is -2.04. The Bertz CT molecular complexity index is 395. The Labute approximate surface area is 94.0 Å². The molecule has 0 aromatic heterocycles. The van der Waals surface area contributed by atoms with Crippen molar-refractivity contribution >= 4 is 17.6 Å². The summed E-state index contributed by atoms with van der Waals surface area (Å²) in [6.07, 6.45) is 0. The zero-order valence-electron chi connectivity index (χ0n) is 9.33. The molecule has 0 saturated heterocycles. The predicted molar refractivity (Wildman–Crippen MR) is 62.1 cm³/mol. The van der Waals surface area contributed by atoms with Crippen LogP contribution in [-0.4, -0.2) is 18.5 Å². The van der Waals surface area contributed by atoms with Crippen LogP contribution in [0.2, 0.25) is 0 Å². The van der Waals surface area contributed by atoms with Crippen LogP contribution in [0, 0.1) is 13.8 Å². The molecule has 4 N–H and O–H groups in total. The molecule has 0 spiro atoms. The highest BCUT2D eigenvalue weighted by Gasteiger charge is 2.03. The van der Waals surface area contributed by atoms with Crippen LogP contribution in [0.15, 0.2) is 18.2 Å². The highest BCUT2D eigenvalue weighted by molar-refractivity contribution is 5.95. The lowest BCUT2D eigenvalue weighted by atomic mass is 10.1. The number of benzene rings is 1. The molecule has 0 aliphatic rings. The number of hydrogen-bond donors (Lipinski definition) is 3. The van der Waals surface area contributed by atoms with Gasteiger partial charge in [0, 0.05) is 5.69 Å². The second-order valence-corrected chi connectivity index (χ2v) is 3.64. The van der Waals surface area contributed by atoms with Crippen LogP contribution in [0.1, 0.15) is 11.1 Å². The number of rotatable bonds is 3. The van der Waals surface area contributed by atoms with Crippen molar-refractivity contribution in [1.29, 1.82) is 0 Å². The van der Waals surface area contributed by atoms with Crippen molar-refractivity contribution in [3.05, 3.63) is 29.3 Å². The molecule has 0 atom stereocenters. The number of nitrogens with two attached hydrogens (primary N) is 1. The van der Waals surface area contributed by atoms with Gasteiger partial charge in [0.2, 0.25) is 5.91 Å². The molecule has 3 amide bonds. The Balaban J connectivity index is 2.54. The Morgan fingerprint density at radius 3 is 2.25 bits per heavy atom. The van der Waals surface area contributed by atoms with Crippen LogP contribution >= 0.6 is 0 Å². The number of primary amides is 1. The van der Waals surface area contributed by atoms with Crippen molar-refractivity contribution in [2.75, 3.05) is 11.9 Å². The number of anilines is 1. The van der Waals surface area contributed by atoms with Gasteiger partial charge in [0.1, 0.15) is 0 Å². The topological polar surface area (TPSA) is 84.2 Å². The molecule has 0 fully saturated rings. The van der Waals surface area contributed by atoms with Crippen molar-refractivity contribution in [2.24, 2.45) is 5.73 Å². The van der Waals surface area contributed by atoms with E-state index in [2.05, 4.69) is 5.32 Å². The largest absolute Gasteiger partial charge is 0.376 e. The number of carbonyl (C=O) groups is 2. The van der Waals surface area contributed by atoms with E-state index in [9.17, 15) is 9.59 Å². The molecule has 0 radical (unpaired) electrons. The van der Waals surface area contributed by atoms with Crippen molar-refractivity contribution in [3.8, 4) is 0 Å². The molecule has 1 rings (SSSR count). The van der Waals surface area contributed by atoms with Crippen LogP contribution in [0.4, 0.5) is 10.5 Å². The maximum Gasteiger partial charge on any atom is 0.318 e. The zero-order chi connectivity index (χ0) is 12.1. The Kier molecular flexibility index (Phi) is 3.88. The zero-order valence-corrected chi connectivity index (χ0v) is 9.33. The van der Waals surface area contributed by atoms with Gasteiger partial charge >= 0.3 is 6.03 Å². The normalized spacial score (nSPS) is 9.62. The third-order valence-electron chi connectivity index (χ3n) is 1.94. The minimum atomic E-state index is -0.841. The van der Waals surface area contributed by atoms with Gasteiger partial charge in [-0.2, -0.15) is 0 Å². The van der Waals surface area contributed by atoms with Crippen LogP contribution in [0.5, 0.6) is 0 Å². The number of hydrogen-bond acceptors (Lipinski definition) is 3. The van der Waals surface area contributed by atoms with Crippen molar-refractivity contribution in [2.45, 2.75) is 13.8 Å². The molecule has 0 aliphatic heterocycles. The van der Waals surface area contributed by atoms with Crippen molar-refractivity contribution < 1.29 is 9.59 Å². The van der Waals surface area contributed by atoms with Crippen molar-refractivity contribution in [1.82, 2.24) is 5.32 Å². The third kappa shape index (κ3) is 4.00. The molecule has 86 valence electrons. The number of amides is 3. The highest BCUT2D eigenvalue weighted by Crippen LogP contribution is 2.13. The number of aryl methyl sites for hydroxylation is 2. The van der Waals surface area contributed by atoms with Gasteiger partial charge in [0.15, 0.2) is 0 Å². The van der Waals surface area contributed by atoms with Gasteiger partial charge in [-0.15, -0.1) is 0 Å². The third-order valence-corrected chi connectivity index (χ3v) is 1.94. The molecule has 0 heterocycles. The van der Waals surface area contributed by atoms with E-state index in [1.165, 1.54) is 0 Å². The van der Waals surface area contributed by atoms with Crippen LogP contribution in [-0.2, 0) is 4.79 Å². The maximum absolute atomic E-state index is 11.1. The second-order valence-electron chi connectivity index (χ2n) is 3.64. The van der Waals surface area contributed by atoms with Crippen LogP contribution < -0.4 is 16.4 Å². The lowest BCUT2D eigenvalue weighted by Crippen LogP contribution is -2.38. The van der Waals surface area contributed by atoms with Gasteiger partial charge in [-0.25, -0.2) is 4.79 Å². The molecule has 0 unspecified atom stereocenters. The summed E-state index contributed by atoms with van der Waals surface area (Å²) in [6, 6.07) is 5.04. The standard InChI is InChI=1S/C11H15N3O2/c1-7-3-8(2)5-9(4-7)13-6-10(15)14-11(12)16/h3-5,13H,6H2,1-2H3,(H3,12,14,15,16). The monoisotopic (exact) mass is 221 g/mol. The summed E-state index contributed by atoms with van der Waals surface area (Å²) in [6.45, 7) is 3.97. The number of carbonyl (C=O) groups excluding carboxylic acids is 2. The van der Waals surface area contributed by atoms with Gasteiger partial charge in [0.05, 0.1) is 6.54 Å². The van der Waals surface area contributed by atoms with E-state index in [0.29, 0.717) is 0 Å². The van der Waals surface area contributed by atoms with E-state index >= 15 is 0 Å². The van der Waals surface area contributed by atoms with Gasteiger partial charge < -0.3 is 11.1 Å². The smallest absolute Gasteiger partial charge is 0.318 e. The van der Waals surface area contributed by atoms with E-state index in [0.717, 1.165) is 16.8 Å². The summed E-state index contributed by atoms with van der Waals surface area (Å²) in [7, 11) is 0. The molecule has 16 heavy (non-hydrogen) atoms. The molecule has 5 heteroatoms. The molecule has 5 nitrogen and oxygen atoms in total. The summed E-state index contributed by atoms with van der Waals surface area (Å²) in [5.41, 5.74) is 7.87. The van der Waals surface area contributed by atoms with E-state index in [1.807, 2.05) is 37.4 Å². The van der Waals surface area contributed by atoms with Crippen molar-refractivity contribution in [3.63, 3.8) is 0 Å². The lowest BCUT2D eigenvalue weighted by molar-refractivity contribution is -0.118. The van der Waals surface area contributed by atoms with Gasteiger partial charge in [-0.3, -0.25) is 10.1 Å². The van der Waals surface area contributed by atoms with E-state index in [4.69, 9.17) is 5.73 Å². The minimum Gasteiger partial charge on any atom is -0.376 e. The molecule has 1 aromatic rings. The molecule has 0 bridgehead atoms. The summed E-state index contributed by atoms with van der Waals surface area (Å²) >= 11 is 0. The molecule has 0 aliphatic carbocycles. The first-order valence-corrected chi connectivity index (χ1v) is 4.89. The second kappa shape index (κ2) is 5.16. The average Bonchev–Trinajstić information content (AvgIpc) is 2.12. The number of nitrogens with one attached hydrogen (secondary N) is 2. The summed E-state index contributed by atoms with van der Waals surface area (Å²) in [5.74, 6) is -0.452. The fraction of sp³-hybridized carbons (Fsp3) is 0.273. The Morgan fingerprint density at radius 2 is 1.75 bits per heavy atom. The Morgan fingerprint density at radius 1 is 1.19 bits per heavy atom. The fourth-order valence-electron chi connectivity index (χ4n) is 1.44. The number of imide groups is 1. The predicted octanol–water partition coefficient (Wildman–Crippen LogP) is 0.910. The van der Waals surface area contributed by atoms with Gasteiger partial charge in [-0.1, -0.05) is 6.07 Å².